The zero-order valence-corrected chi connectivity index (χ0v) is 18.7. The molecule has 9 N–H and O–H groups in total. The molecule has 0 bridgehead atoms. The molecule has 0 fully saturated rings. The van der Waals surface area contributed by atoms with Crippen LogP contribution in [0, 0.1) is 0 Å². The normalized spacial score (nSPS) is 15.2. The summed E-state index contributed by atoms with van der Waals surface area (Å²) in [6.45, 7) is 2.53. The smallest absolute Gasteiger partial charge is 0.328 e. The number of rotatable bonds is 13. The number of hydrogen-bond donors (Lipinski definition) is 8. The quantitative estimate of drug-likeness (QED) is 0.155. The molecule has 0 spiro atoms. The zero-order chi connectivity index (χ0) is 26.0. The minimum Gasteiger partial charge on any atom is -0.508 e. The highest BCUT2D eigenvalue weighted by Crippen LogP contribution is 2.12. The number of benzene rings is 1. The Kier molecular flexibility index (Phi) is 10.9. The van der Waals surface area contributed by atoms with Crippen LogP contribution < -0.4 is 21.7 Å². The van der Waals surface area contributed by atoms with Gasteiger partial charge in [-0.05, 0) is 38.0 Å². The van der Waals surface area contributed by atoms with Gasteiger partial charge in [-0.25, -0.2) is 4.79 Å². The Morgan fingerprint density at radius 3 is 1.88 bits per heavy atom. The van der Waals surface area contributed by atoms with E-state index in [1.54, 1.807) is 0 Å². The van der Waals surface area contributed by atoms with Crippen LogP contribution in [0.1, 0.15) is 32.3 Å². The molecule has 1 aromatic carbocycles. The van der Waals surface area contributed by atoms with Crippen molar-refractivity contribution in [3.63, 3.8) is 0 Å². The maximum absolute atomic E-state index is 12.9. The van der Waals surface area contributed by atoms with Gasteiger partial charge in [0.05, 0.1) is 12.1 Å². The molecule has 3 amide bonds. The predicted molar refractivity (Wildman–Crippen MR) is 117 cm³/mol. The first-order valence-electron chi connectivity index (χ1n) is 10.4. The van der Waals surface area contributed by atoms with Crippen LogP contribution in [-0.2, 0) is 30.4 Å². The van der Waals surface area contributed by atoms with E-state index in [1.165, 1.54) is 31.2 Å². The number of carbonyl (C=O) groups excluding carboxylic acids is 3. The lowest BCUT2D eigenvalue weighted by atomic mass is 10.0. The Balaban J connectivity index is 3.16. The first-order valence-corrected chi connectivity index (χ1v) is 10.4. The number of carboxylic acid groups (broad SMARTS) is 2. The summed E-state index contributed by atoms with van der Waals surface area (Å²) in [4.78, 5) is 60.0. The second-order valence-corrected chi connectivity index (χ2v) is 7.78. The summed E-state index contributed by atoms with van der Waals surface area (Å²) in [5.41, 5.74) is 5.98. The molecule has 5 atom stereocenters. The monoisotopic (exact) mass is 482 g/mol. The Morgan fingerprint density at radius 1 is 0.882 bits per heavy atom. The van der Waals surface area contributed by atoms with E-state index in [0.29, 0.717) is 5.56 Å². The van der Waals surface area contributed by atoms with E-state index in [-0.39, 0.29) is 18.6 Å². The number of aromatic hydroxyl groups is 1. The molecule has 0 aliphatic rings. The number of aliphatic carboxylic acids is 2. The van der Waals surface area contributed by atoms with Gasteiger partial charge in [0.15, 0.2) is 6.04 Å². The highest BCUT2D eigenvalue weighted by molar-refractivity contribution is 5.94. The predicted octanol–water partition coefficient (Wildman–Crippen LogP) is -1.93. The maximum Gasteiger partial charge on any atom is 0.328 e. The maximum atomic E-state index is 12.9. The van der Waals surface area contributed by atoms with Crippen molar-refractivity contribution < 1.29 is 44.4 Å². The summed E-state index contributed by atoms with van der Waals surface area (Å²) in [6.07, 6.45) is -2.34. The Labute approximate surface area is 195 Å². The molecule has 0 saturated heterocycles. The van der Waals surface area contributed by atoms with E-state index < -0.39 is 66.4 Å². The van der Waals surface area contributed by atoms with Gasteiger partial charge in [0.2, 0.25) is 17.7 Å². The molecule has 34 heavy (non-hydrogen) atoms. The number of carbonyl (C=O) groups is 5. The van der Waals surface area contributed by atoms with Crippen molar-refractivity contribution in [3.8, 4) is 5.75 Å². The summed E-state index contributed by atoms with van der Waals surface area (Å²) in [5, 5.41) is 44.1. The molecule has 0 aliphatic heterocycles. The number of hydrogen-bond acceptors (Lipinski definition) is 8. The number of aliphatic hydroxyl groups excluding tert-OH is 1. The van der Waals surface area contributed by atoms with Gasteiger partial charge < -0.3 is 42.1 Å². The Bertz CT molecular complexity index is 887. The minimum atomic E-state index is -1.66. The van der Waals surface area contributed by atoms with Crippen LogP contribution in [0.25, 0.3) is 0 Å². The topological polar surface area (TPSA) is 228 Å². The number of phenolic OH excluding ortho intramolecular Hbond substituents is 1. The molecule has 5 unspecified atom stereocenters. The van der Waals surface area contributed by atoms with Gasteiger partial charge >= 0.3 is 11.9 Å². The van der Waals surface area contributed by atoms with Gasteiger partial charge in [0.1, 0.15) is 17.8 Å². The first-order chi connectivity index (χ1) is 15.8. The average Bonchev–Trinajstić information content (AvgIpc) is 2.74. The third-order valence-corrected chi connectivity index (χ3v) is 4.75. The van der Waals surface area contributed by atoms with Crippen molar-refractivity contribution in [3.05, 3.63) is 29.8 Å². The molecular weight excluding hydrogens is 452 g/mol. The SMILES string of the molecule is CC(N)C(=O)NC(CCC(=O)O)C(=O)NC(Cc1ccc(O)cc1)C(=O)NC(C(=O)O)C(C)O. The second kappa shape index (κ2) is 13.1. The molecule has 0 radical (unpaired) electrons. The van der Waals surface area contributed by atoms with Crippen molar-refractivity contribution in [1.82, 2.24) is 16.0 Å². The molecule has 0 aliphatic carbocycles. The van der Waals surface area contributed by atoms with E-state index in [0.717, 1.165) is 6.92 Å². The second-order valence-electron chi connectivity index (χ2n) is 7.78. The van der Waals surface area contributed by atoms with Gasteiger partial charge in [0.25, 0.3) is 0 Å². The molecule has 0 saturated carbocycles. The van der Waals surface area contributed by atoms with Crippen molar-refractivity contribution in [1.29, 1.82) is 0 Å². The van der Waals surface area contributed by atoms with Crippen molar-refractivity contribution in [2.75, 3.05) is 0 Å². The van der Waals surface area contributed by atoms with Crippen molar-refractivity contribution in [2.45, 2.75) is 63.4 Å². The van der Waals surface area contributed by atoms with Crippen LogP contribution in [0.3, 0.4) is 0 Å². The summed E-state index contributed by atoms with van der Waals surface area (Å²) >= 11 is 0. The molecule has 0 heterocycles. The Morgan fingerprint density at radius 2 is 1.41 bits per heavy atom. The lowest BCUT2D eigenvalue weighted by molar-refractivity contribution is -0.145. The lowest BCUT2D eigenvalue weighted by Crippen LogP contribution is -2.58. The van der Waals surface area contributed by atoms with Crippen molar-refractivity contribution in [2.24, 2.45) is 5.73 Å². The zero-order valence-electron chi connectivity index (χ0n) is 18.7. The van der Waals surface area contributed by atoms with Gasteiger partial charge in [-0.1, -0.05) is 12.1 Å². The Hall–Kier alpha value is -3.71. The molecule has 188 valence electrons. The lowest BCUT2D eigenvalue weighted by Gasteiger charge is -2.25. The first kappa shape index (κ1) is 28.3. The molecular formula is C21H30N4O9. The molecule has 13 nitrogen and oxygen atoms in total. The summed E-state index contributed by atoms with van der Waals surface area (Å²) < 4.78 is 0. The van der Waals surface area contributed by atoms with Gasteiger partial charge in [-0.3, -0.25) is 19.2 Å². The number of amides is 3. The fourth-order valence-corrected chi connectivity index (χ4v) is 2.83. The minimum absolute atomic E-state index is 0.0406. The number of aliphatic hydroxyl groups is 1. The summed E-state index contributed by atoms with van der Waals surface area (Å²) in [6, 6.07) is 0.302. The highest BCUT2D eigenvalue weighted by Gasteiger charge is 2.32. The summed E-state index contributed by atoms with van der Waals surface area (Å²) in [5.74, 6) is -5.30. The van der Waals surface area contributed by atoms with Crippen LogP contribution >= 0.6 is 0 Å². The van der Waals surface area contributed by atoms with Crippen molar-refractivity contribution >= 4 is 29.7 Å². The highest BCUT2D eigenvalue weighted by atomic mass is 16.4. The molecule has 1 rings (SSSR count). The van der Waals surface area contributed by atoms with Gasteiger partial charge in [0, 0.05) is 12.8 Å². The fraction of sp³-hybridized carbons (Fsp3) is 0.476. The number of carboxylic acids is 2. The standard InChI is InChI=1S/C21H30N4O9/c1-10(22)18(30)23-14(7-8-16(28)29)19(31)24-15(9-12-3-5-13(27)6-4-12)20(32)25-17(11(2)26)21(33)34/h3-6,10-11,14-15,17,26-27H,7-9,22H2,1-2H3,(H,23,30)(H,24,31)(H,25,32)(H,28,29)(H,33,34). The van der Waals surface area contributed by atoms with Crippen LogP contribution in [0.2, 0.25) is 0 Å². The van der Waals surface area contributed by atoms with Crippen LogP contribution in [0.5, 0.6) is 5.75 Å². The van der Waals surface area contributed by atoms with E-state index in [1.807, 2.05) is 0 Å². The number of nitrogens with two attached hydrogens (primary N) is 1. The van der Waals surface area contributed by atoms with E-state index in [9.17, 15) is 39.3 Å². The van der Waals surface area contributed by atoms with Gasteiger partial charge in [-0.15, -0.1) is 0 Å². The van der Waals surface area contributed by atoms with E-state index >= 15 is 0 Å². The van der Waals surface area contributed by atoms with Crippen LogP contribution in [-0.4, -0.2) is 80.4 Å². The fourth-order valence-electron chi connectivity index (χ4n) is 2.83. The number of nitrogens with one attached hydrogen (secondary N) is 3. The summed E-state index contributed by atoms with van der Waals surface area (Å²) in [7, 11) is 0. The van der Waals surface area contributed by atoms with Crippen LogP contribution in [0.4, 0.5) is 0 Å². The molecule has 13 heteroatoms. The average molecular weight is 482 g/mol. The van der Waals surface area contributed by atoms with Gasteiger partial charge in [-0.2, -0.15) is 0 Å². The number of phenols is 1. The molecule has 1 aromatic rings. The van der Waals surface area contributed by atoms with Crippen LogP contribution in [0.15, 0.2) is 24.3 Å². The largest absolute Gasteiger partial charge is 0.508 e. The van der Waals surface area contributed by atoms with E-state index in [4.69, 9.17) is 10.8 Å². The third-order valence-electron chi connectivity index (χ3n) is 4.75. The van der Waals surface area contributed by atoms with E-state index in [2.05, 4.69) is 16.0 Å². The third kappa shape index (κ3) is 9.42. The molecule has 0 aromatic heterocycles.